The minimum atomic E-state index is -0.596. The first-order valence-electron chi connectivity index (χ1n) is 6.71. The number of esters is 1. The summed E-state index contributed by atoms with van der Waals surface area (Å²) in [5.41, 5.74) is 0. The molecule has 0 aromatic carbocycles. The van der Waals surface area contributed by atoms with E-state index in [2.05, 4.69) is 20.8 Å². The van der Waals surface area contributed by atoms with E-state index >= 15 is 0 Å². The van der Waals surface area contributed by atoms with Crippen LogP contribution >= 0.6 is 11.6 Å². The van der Waals surface area contributed by atoms with Gasteiger partial charge < -0.3 is 9.47 Å². The zero-order valence-electron chi connectivity index (χ0n) is 11.2. The molecule has 2 aliphatic rings. The lowest BCUT2D eigenvalue weighted by atomic mass is 9.75. The molecule has 0 unspecified atom stereocenters. The van der Waals surface area contributed by atoms with Crippen LogP contribution < -0.4 is 0 Å². The molecule has 0 amide bonds. The Balaban J connectivity index is 1.99. The molecule has 1 aliphatic carbocycles. The van der Waals surface area contributed by atoms with Gasteiger partial charge in [-0.3, -0.25) is 0 Å². The number of carbonyl (C=O) groups is 1. The number of rotatable bonds is 3. The van der Waals surface area contributed by atoms with E-state index in [9.17, 15) is 4.79 Å². The first-order chi connectivity index (χ1) is 8.47. The molecular formula is C14H21ClO3. The van der Waals surface area contributed by atoms with Gasteiger partial charge in [0.1, 0.15) is 5.03 Å². The fraction of sp³-hybridized carbons (Fsp3) is 0.786. The van der Waals surface area contributed by atoms with Crippen LogP contribution in [0.5, 0.6) is 0 Å². The van der Waals surface area contributed by atoms with Crippen molar-refractivity contribution in [3.8, 4) is 0 Å². The number of hydrogen-bond acceptors (Lipinski definition) is 3. The lowest BCUT2D eigenvalue weighted by Gasteiger charge is -2.37. The number of ether oxygens (including phenoxy) is 2. The Labute approximate surface area is 113 Å². The molecule has 0 spiro atoms. The van der Waals surface area contributed by atoms with Gasteiger partial charge in [-0.15, -0.1) is 0 Å². The van der Waals surface area contributed by atoms with E-state index < -0.39 is 12.3 Å². The Bertz CT molecular complexity index is 351. The zero-order chi connectivity index (χ0) is 13.3. The third-order valence-corrected chi connectivity index (χ3v) is 4.25. The molecule has 3 nitrogen and oxygen atoms in total. The standard InChI is InChI=1S/C14H21ClO3/c1-8(2)10-5-4-9(3)6-12(10)17-13-7-11(15)14(16)18-13/h7-10,12-13H,4-6H2,1-3H3/t9-,10+,12-,13-/m1/s1. The highest BCUT2D eigenvalue weighted by Gasteiger charge is 2.35. The second-order valence-corrected chi connectivity index (χ2v) is 6.20. The summed E-state index contributed by atoms with van der Waals surface area (Å²) in [7, 11) is 0. The summed E-state index contributed by atoms with van der Waals surface area (Å²) in [6.07, 6.45) is 4.58. The Hall–Kier alpha value is -0.540. The van der Waals surface area contributed by atoms with E-state index in [1.807, 2.05) is 0 Å². The van der Waals surface area contributed by atoms with Crippen LogP contribution in [0, 0.1) is 17.8 Å². The second-order valence-electron chi connectivity index (χ2n) is 5.79. The maximum Gasteiger partial charge on any atom is 0.352 e. The fourth-order valence-electron chi connectivity index (χ4n) is 2.89. The van der Waals surface area contributed by atoms with Crippen molar-refractivity contribution in [1.82, 2.24) is 0 Å². The molecule has 1 aliphatic heterocycles. The number of cyclic esters (lactones) is 1. The van der Waals surface area contributed by atoms with Crippen LogP contribution in [0.25, 0.3) is 0 Å². The van der Waals surface area contributed by atoms with Crippen LogP contribution in [0.15, 0.2) is 11.1 Å². The van der Waals surface area contributed by atoms with Crippen LogP contribution in [0.3, 0.4) is 0 Å². The average Bonchev–Trinajstić information content (AvgIpc) is 2.57. The van der Waals surface area contributed by atoms with Crippen molar-refractivity contribution in [2.75, 3.05) is 0 Å². The van der Waals surface area contributed by atoms with Crippen LogP contribution in [0.2, 0.25) is 0 Å². The Morgan fingerprint density at radius 1 is 1.44 bits per heavy atom. The predicted octanol–water partition coefficient (Wildman–Crippen LogP) is 3.47. The van der Waals surface area contributed by atoms with Gasteiger partial charge in [0.2, 0.25) is 6.29 Å². The quantitative estimate of drug-likeness (QED) is 0.738. The van der Waals surface area contributed by atoms with Gasteiger partial charge in [0.05, 0.1) is 6.10 Å². The molecule has 1 heterocycles. The Morgan fingerprint density at radius 3 is 2.72 bits per heavy atom. The molecule has 4 atom stereocenters. The molecule has 4 heteroatoms. The van der Waals surface area contributed by atoms with Gasteiger partial charge in [-0.2, -0.15) is 0 Å². The number of carbonyl (C=O) groups excluding carboxylic acids is 1. The molecule has 2 rings (SSSR count). The third-order valence-electron chi connectivity index (χ3n) is 3.97. The normalized spacial score (nSPS) is 36.7. The van der Waals surface area contributed by atoms with Crippen molar-refractivity contribution in [3.63, 3.8) is 0 Å². The van der Waals surface area contributed by atoms with Crippen LogP contribution in [-0.2, 0) is 14.3 Å². The lowest BCUT2D eigenvalue weighted by Crippen LogP contribution is -2.36. The highest BCUT2D eigenvalue weighted by atomic mass is 35.5. The maximum absolute atomic E-state index is 11.2. The summed E-state index contributed by atoms with van der Waals surface area (Å²) in [6.45, 7) is 6.69. The molecule has 18 heavy (non-hydrogen) atoms. The minimum Gasteiger partial charge on any atom is -0.428 e. The van der Waals surface area contributed by atoms with E-state index in [-0.39, 0.29) is 11.1 Å². The molecule has 1 fully saturated rings. The van der Waals surface area contributed by atoms with Gasteiger partial charge in [-0.1, -0.05) is 38.8 Å². The highest BCUT2D eigenvalue weighted by Crippen LogP contribution is 2.36. The molecule has 0 N–H and O–H groups in total. The SMILES string of the molecule is CC(C)[C@@H]1CC[C@@H](C)C[C@H]1O[C@H]1C=C(Cl)C(=O)O1. The van der Waals surface area contributed by atoms with Crippen molar-refractivity contribution in [3.05, 3.63) is 11.1 Å². The minimum absolute atomic E-state index is 0.130. The molecule has 0 saturated heterocycles. The fourth-order valence-corrected chi connectivity index (χ4v) is 3.04. The van der Waals surface area contributed by atoms with Crippen molar-refractivity contribution in [1.29, 1.82) is 0 Å². The first kappa shape index (κ1) is 13.9. The first-order valence-corrected chi connectivity index (χ1v) is 7.09. The number of halogens is 1. The van der Waals surface area contributed by atoms with E-state index in [1.165, 1.54) is 12.8 Å². The molecule has 0 radical (unpaired) electrons. The van der Waals surface area contributed by atoms with Gasteiger partial charge in [0.15, 0.2) is 0 Å². The number of hydrogen-bond donors (Lipinski definition) is 0. The van der Waals surface area contributed by atoms with Crippen molar-refractivity contribution in [2.24, 2.45) is 17.8 Å². The Kier molecular flexibility index (Phi) is 4.33. The van der Waals surface area contributed by atoms with Gasteiger partial charge in [0, 0.05) is 6.08 Å². The summed E-state index contributed by atoms with van der Waals surface area (Å²) < 4.78 is 11.0. The highest BCUT2D eigenvalue weighted by molar-refractivity contribution is 6.41. The van der Waals surface area contributed by atoms with Gasteiger partial charge in [-0.25, -0.2) is 4.79 Å². The monoisotopic (exact) mass is 272 g/mol. The van der Waals surface area contributed by atoms with E-state index in [0.29, 0.717) is 17.8 Å². The Morgan fingerprint density at radius 2 is 2.17 bits per heavy atom. The summed E-state index contributed by atoms with van der Waals surface area (Å²) >= 11 is 5.71. The second kappa shape index (κ2) is 5.62. The van der Waals surface area contributed by atoms with E-state index in [4.69, 9.17) is 21.1 Å². The maximum atomic E-state index is 11.2. The summed E-state index contributed by atoms with van der Waals surface area (Å²) in [4.78, 5) is 11.2. The molecule has 0 aromatic rings. The van der Waals surface area contributed by atoms with Crippen molar-refractivity contribution in [2.45, 2.75) is 52.4 Å². The van der Waals surface area contributed by atoms with E-state index in [0.717, 1.165) is 6.42 Å². The lowest BCUT2D eigenvalue weighted by molar-refractivity contribution is -0.178. The topological polar surface area (TPSA) is 35.5 Å². The summed E-state index contributed by atoms with van der Waals surface area (Å²) in [5.74, 6) is 1.31. The smallest absolute Gasteiger partial charge is 0.352 e. The van der Waals surface area contributed by atoms with Crippen LogP contribution in [-0.4, -0.2) is 18.4 Å². The largest absolute Gasteiger partial charge is 0.428 e. The zero-order valence-corrected chi connectivity index (χ0v) is 11.9. The molecular weight excluding hydrogens is 252 g/mol. The van der Waals surface area contributed by atoms with E-state index in [1.54, 1.807) is 6.08 Å². The molecule has 102 valence electrons. The van der Waals surface area contributed by atoms with Crippen LogP contribution in [0.4, 0.5) is 0 Å². The summed E-state index contributed by atoms with van der Waals surface area (Å²) in [6, 6.07) is 0. The summed E-state index contributed by atoms with van der Waals surface area (Å²) in [5, 5.41) is 0.130. The van der Waals surface area contributed by atoms with Crippen molar-refractivity contribution >= 4 is 17.6 Å². The third kappa shape index (κ3) is 3.07. The molecule has 1 saturated carbocycles. The van der Waals surface area contributed by atoms with Crippen molar-refractivity contribution < 1.29 is 14.3 Å². The molecule has 0 bridgehead atoms. The average molecular weight is 273 g/mol. The van der Waals surface area contributed by atoms with Crippen LogP contribution in [0.1, 0.15) is 40.0 Å². The predicted molar refractivity (Wildman–Crippen MR) is 70.0 cm³/mol. The van der Waals surface area contributed by atoms with Gasteiger partial charge in [0.25, 0.3) is 0 Å². The molecule has 0 aromatic heterocycles. The van der Waals surface area contributed by atoms with Gasteiger partial charge >= 0.3 is 5.97 Å². The van der Waals surface area contributed by atoms with Gasteiger partial charge in [-0.05, 0) is 30.6 Å².